The molecule has 1 unspecified atom stereocenters. The molecule has 4 rings (SSSR count). The van der Waals surface area contributed by atoms with Crippen molar-refractivity contribution < 1.29 is 9.59 Å². The Hall–Kier alpha value is -2.71. The molecule has 0 aromatic carbocycles. The van der Waals surface area contributed by atoms with Crippen molar-refractivity contribution in [1.29, 1.82) is 0 Å². The van der Waals surface area contributed by atoms with Crippen LogP contribution in [0.15, 0.2) is 12.4 Å². The third kappa shape index (κ3) is 3.58. The van der Waals surface area contributed by atoms with Gasteiger partial charge in [0, 0.05) is 26.2 Å². The molecular formula is C18H25N7O2. The quantitative estimate of drug-likeness (QED) is 0.869. The second-order valence-corrected chi connectivity index (χ2v) is 7.52. The predicted octanol–water partition coefficient (Wildman–Crippen LogP) is 1.14. The Morgan fingerprint density at radius 2 is 2.04 bits per heavy atom. The molecule has 27 heavy (non-hydrogen) atoms. The van der Waals surface area contributed by atoms with E-state index >= 15 is 0 Å². The molecule has 2 amide bonds. The van der Waals surface area contributed by atoms with Crippen LogP contribution in [-0.2, 0) is 17.9 Å². The maximum Gasteiger partial charge on any atom is 0.291 e. The number of anilines is 1. The zero-order valence-electron chi connectivity index (χ0n) is 15.8. The highest BCUT2D eigenvalue weighted by Gasteiger charge is 2.31. The predicted molar refractivity (Wildman–Crippen MR) is 98.2 cm³/mol. The molecule has 1 aliphatic heterocycles. The Balaban J connectivity index is 1.41. The Morgan fingerprint density at radius 1 is 1.26 bits per heavy atom. The molecular weight excluding hydrogens is 346 g/mol. The van der Waals surface area contributed by atoms with Crippen LogP contribution in [0, 0.1) is 12.8 Å². The summed E-state index contributed by atoms with van der Waals surface area (Å²) in [7, 11) is 1.70. The monoisotopic (exact) mass is 371 g/mol. The first-order valence-electron chi connectivity index (χ1n) is 9.53. The molecule has 3 heterocycles. The summed E-state index contributed by atoms with van der Waals surface area (Å²) in [6, 6.07) is 1.25. The molecule has 0 saturated heterocycles. The van der Waals surface area contributed by atoms with Gasteiger partial charge in [-0.3, -0.25) is 19.2 Å². The Kier molecular flexibility index (Phi) is 4.67. The lowest BCUT2D eigenvalue weighted by Crippen LogP contribution is -2.47. The van der Waals surface area contributed by atoms with Crippen molar-refractivity contribution in [2.75, 3.05) is 11.9 Å². The highest BCUT2D eigenvalue weighted by atomic mass is 16.2. The van der Waals surface area contributed by atoms with Gasteiger partial charge >= 0.3 is 0 Å². The normalized spacial score (nSPS) is 20.6. The molecule has 9 heteroatoms. The van der Waals surface area contributed by atoms with Crippen molar-refractivity contribution in [1.82, 2.24) is 29.9 Å². The SMILES string of the molecule is Cc1cc2n(n1)CCC(NC(=O)c1ncn(CC3CCCC3)n1)C(=O)N2C. The van der Waals surface area contributed by atoms with E-state index in [1.54, 1.807) is 27.6 Å². The molecule has 1 saturated carbocycles. The Bertz CT molecular complexity index is 850. The van der Waals surface area contributed by atoms with E-state index in [-0.39, 0.29) is 11.7 Å². The molecule has 2 aromatic heterocycles. The van der Waals surface area contributed by atoms with Gasteiger partial charge in [-0.25, -0.2) is 9.67 Å². The van der Waals surface area contributed by atoms with E-state index in [9.17, 15) is 9.59 Å². The Labute approximate surface area is 157 Å². The number of aryl methyl sites for hydroxylation is 2. The van der Waals surface area contributed by atoms with Gasteiger partial charge in [-0.2, -0.15) is 5.10 Å². The number of aromatic nitrogens is 5. The smallest absolute Gasteiger partial charge is 0.291 e. The summed E-state index contributed by atoms with van der Waals surface area (Å²) >= 11 is 0. The average molecular weight is 371 g/mol. The van der Waals surface area contributed by atoms with Crippen molar-refractivity contribution >= 4 is 17.6 Å². The van der Waals surface area contributed by atoms with Crippen LogP contribution in [-0.4, -0.2) is 49.4 Å². The average Bonchev–Trinajstić information content (AvgIpc) is 3.37. The van der Waals surface area contributed by atoms with Crippen molar-refractivity contribution in [2.24, 2.45) is 5.92 Å². The number of carbonyl (C=O) groups is 2. The summed E-state index contributed by atoms with van der Waals surface area (Å²) in [4.78, 5) is 31.0. The molecule has 1 fully saturated rings. The van der Waals surface area contributed by atoms with Crippen LogP contribution in [0.4, 0.5) is 5.82 Å². The topological polar surface area (TPSA) is 97.9 Å². The summed E-state index contributed by atoms with van der Waals surface area (Å²) < 4.78 is 3.54. The lowest BCUT2D eigenvalue weighted by Gasteiger charge is -2.19. The van der Waals surface area contributed by atoms with Crippen molar-refractivity contribution in [3.8, 4) is 0 Å². The number of carbonyl (C=O) groups excluding carboxylic acids is 2. The molecule has 144 valence electrons. The molecule has 2 aromatic rings. The molecule has 0 spiro atoms. The van der Waals surface area contributed by atoms with Crippen molar-refractivity contribution in [3.05, 3.63) is 23.9 Å². The standard InChI is InChI=1S/C18H25N7O2/c1-12-9-15-23(2)18(27)14(7-8-25(15)21-12)20-17(26)16-19-11-24(22-16)10-13-5-3-4-6-13/h9,11,13-14H,3-8,10H2,1-2H3,(H,20,26). The molecule has 1 aliphatic carbocycles. The fraction of sp³-hybridized carbons (Fsp3) is 0.611. The van der Waals surface area contributed by atoms with E-state index in [1.165, 1.54) is 25.7 Å². The zero-order chi connectivity index (χ0) is 19.0. The second kappa shape index (κ2) is 7.13. The zero-order valence-corrected chi connectivity index (χ0v) is 15.8. The maximum atomic E-state index is 12.7. The van der Waals surface area contributed by atoms with Gasteiger partial charge in [0.05, 0.1) is 5.69 Å². The van der Waals surface area contributed by atoms with Gasteiger partial charge in [-0.1, -0.05) is 12.8 Å². The highest BCUT2D eigenvalue weighted by molar-refractivity contribution is 6.00. The lowest BCUT2D eigenvalue weighted by molar-refractivity contribution is -0.120. The van der Waals surface area contributed by atoms with Crippen molar-refractivity contribution in [3.63, 3.8) is 0 Å². The van der Waals surface area contributed by atoms with Crippen LogP contribution in [0.3, 0.4) is 0 Å². The van der Waals surface area contributed by atoms with Gasteiger partial charge in [-0.05, 0) is 32.1 Å². The summed E-state index contributed by atoms with van der Waals surface area (Å²) in [6.07, 6.45) is 7.03. The van der Waals surface area contributed by atoms with E-state index in [0.29, 0.717) is 18.9 Å². The van der Waals surface area contributed by atoms with Crippen LogP contribution in [0.25, 0.3) is 0 Å². The molecule has 0 radical (unpaired) electrons. The van der Waals surface area contributed by atoms with E-state index in [0.717, 1.165) is 18.1 Å². The van der Waals surface area contributed by atoms with Gasteiger partial charge in [-0.15, -0.1) is 5.10 Å². The third-order valence-corrected chi connectivity index (χ3v) is 5.45. The molecule has 1 atom stereocenters. The van der Waals surface area contributed by atoms with Crippen LogP contribution >= 0.6 is 0 Å². The van der Waals surface area contributed by atoms with Gasteiger partial charge in [0.2, 0.25) is 5.82 Å². The maximum absolute atomic E-state index is 12.7. The van der Waals surface area contributed by atoms with Crippen molar-refractivity contribution in [2.45, 2.75) is 58.2 Å². The lowest BCUT2D eigenvalue weighted by atomic mass is 10.1. The first kappa shape index (κ1) is 17.7. The largest absolute Gasteiger partial charge is 0.337 e. The minimum atomic E-state index is -0.619. The fourth-order valence-corrected chi connectivity index (χ4v) is 3.99. The number of hydrogen-bond acceptors (Lipinski definition) is 5. The van der Waals surface area contributed by atoms with E-state index in [2.05, 4.69) is 20.5 Å². The summed E-state index contributed by atoms with van der Waals surface area (Å²) in [5, 5.41) is 11.5. The fourth-order valence-electron chi connectivity index (χ4n) is 3.99. The molecule has 9 nitrogen and oxygen atoms in total. The van der Waals surface area contributed by atoms with Gasteiger partial charge < -0.3 is 5.32 Å². The number of likely N-dealkylation sites (N-methyl/N-ethyl adjacent to an activating group) is 1. The minimum Gasteiger partial charge on any atom is -0.337 e. The summed E-state index contributed by atoms with van der Waals surface area (Å²) in [5.41, 5.74) is 0.865. The minimum absolute atomic E-state index is 0.112. The van der Waals surface area contributed by atoms with Crippen LogP contribution in [0.5, 0.6) is 0 Å². The number of fused-ring (bicyclic) bond motifs is 1. The number of amides is 2. The number of rotatable bonds is 4. The first-order chi connectivity index (χ1) is 13.0. The van der Waals surface area contributed by atoms with E-state index in [4.69, 9.17) is 0 Å². The summed E-state index contributed by atoms with van der Waals surface area (Å²) in [5.74, 6) is 0.898. The first-order valence-corrected chi connectivity index (χ1v) is 9.53. The van der Waals surface area contributed by atoms with E-state index < -0.39 is 11.9 Å². The Morgan fingerprint density at radius 3 is 2.81 bits per heavy atom. The van der Waals surface area contributed by atoms with Gasteiger partial charge in [0.25, 0.3) is 11.8 Å². The van der Waals surface area contributed by atoms with E-state index in [1.807, 2.05) is 13.0 Å². The van der Waals surface area contributed by atoms with Crippen LogP contribution in [0.2, 0.25) is 0 Å². The van der Waals surface area contributed by atoms with Crippen LogP contribution in [0.1, 0.15) is 48.4 Å². The number of hydrogen-bond donors (Lipinski definition) is 1. The molecule has 0 bridgehead atoms. The van der Waals surface area contributed by atoms with Gasteiger partial charge in [0.15, 0.2) is 0 Å². The van der Waals surface area contributed by atoms with Crippen LogP contribution < -0.4 is 10.2 Å². The highest BCUT2D eigenvalue weighted by Crippen LogP contribution is 2.25. The number of nitrogens with one attached hydrogen (secondary N) is 1. The third-order valence-electron chi connectivity index (χ3n) is 5.45. The molecule has 2 aliphatic rings. The second-order valence-electron chi connectivity index (χ2n) is 7.52. The summed E-state index contributed by atoms with van der Waals surface area (Å²) in [6.45, 7) is 3.26. The van der Waals surface area contributed by atoms with Gasteiger partial charge in [0.1, 0.15) is 18.2 Å². The number of nitrogens with zero attached hydrogens (tertiary/aromatic N) is 6. The molecule has 1 N–H and O–H groups in total.